The molecular formula is C15H15ClFNO. The molecule has 2 N–H and O–H groups in total. The van der Waals surface area contributed by atoms with E-state index in [2.05, 4.69) is 0 Å². The first-order valence-corrected chi connectivity index (χ1v) is 6.34. The third-order valence-electron chi connectivity index (χ3n) is 2.77. The second-order valence-corrected chi connectivity index (χ2v) is 4.91. The molecule has 0 aliphatic heterocycles. The van der Waals surface area contributed by atoms with Crippen molar-refractivity contribution in [2.45, 2.75) is 19.9 Å². The van der Waals surface area contributed by atoms with E-state index in [1.54, 1.807) is 19.1 Å². The van der Waals surface area contributed by atoms with Crippen LogP contribution in [-0.4, -0.2) is 0 Å². The predicted octanol–water partition coefficient (Wildman–Crippen LogP) is 4.60. The Bertz CT molecular complexity index is 599. The summed E-state index contributed by atoms with van der Waals surface area (Å²) in [6, 6.07) is 9.44. The van der Waals surface area contributed by atoms with Crippen molar-refractivity contribution in [3.63, 3.8) is 0 Å². The molecule has 2 rings (SSSR count). The molecule has 1 atom stereocenters. The van der Waals surface area contributed by atoms with E-state index in [0.717, 1.165) is 5.56 Å². The van der Waals surface area contributed by atoms with Gasteiger partial charge in [0.15, 0.2) is 0 Å². The number of rotatable bonds is 3. The molecule has 0 aromatic heterocycles. The summed E-state index contributed by atoms with van der Waals surface area (Å²) in [5.74, 6) is 0.706. The molecule has 0 heterocycles. The largest absolute Gasteiger partial charge is 0.455 e. The van der Waals surface area contributed by atoms with Crippen LogP contribution in [0.4, 0.5) is 4.39 Å². The van der Waals surface area contributed by atoms with Crippen molar-refractivity contribution in [1.82, 2.24) is 0 Å². The van der Waals surface area contributed by atoms with Crippen LogP contribution in [0.2, 0.25) is 5.02 Å². The number of benzene rings is 2. The third-order valence-corrected chi connectivity index (χ3v) is 3.07. The summed E-state index contributed by atoms with van der Waals surface area (Å²) >= 11 is 6.11. The van der Waals surface area contributed by atoms with Gasteiger partial charge in [0.1, 0.15) is 17.3 Å². The van der Waals surface area contributed by atoms with Gasteiger partial charge in [-0.25, -0.2) is 4.39 Å². The average molecular weight is 280 g/mol. The normalized spacial score (nSPS) is 12.3. The average Bonchev–Trinajstić information content (AvgIpc) is 2.34. The highest BCUT2D eigenvalue weighted by Gasteiger charge is 2.12. The molecule has 0 amide bonds. The lowest BCUT2D eigenvalue weighted by Crippen LogP contribution is -2.07. The molecule has 2 nitrogen and oxygen atoms in total. The second-order valence-electron chi connectivity index (χ2n) is 4.51. The molecule has 0 unspecified atom stereocenters. The second kappa shape index (κ2) is 5.59. The number of nitrogens with two attached hydrogens (primary N) is 1. The minimum atomic E-state index is -0.338. The van der Waals surface area contributed by atoms with E-state index in [4.69, 9.17) is 22.1 Å². The van der Waals surface area contributed by atoms with E-state index in [-0.39, 0.29) is 11.9 Å². The molecule has 4 heteroatoms. The molecule has 19 heavy (non-hydrogen) atoms. The molecule has 2 aromatic carbocycles. The molecule has 0 radical (unpaired) electrons. The fraction of sp³-hybridized carbons (Fsp3) is 0.200. The molecule has 2 aromatic rings. The van der Waals surface area contributed by atoms with Crippen LogP contribution in [0.25, 0.3) is 0 Å². The number of hydrogen-bond donors (Lipinski definition) is 1. The Morgan fingerprint density at radius 2 is 1.84 bits per heavy atom. The Labute approximate surface area is 117 Å². The summed E-state index contributed by atoms with van der Waals surface area (Å²) in [6.45, 7) is 3.72. The molecule has 0 bridgehead atoms. The minimum absolute atomic E-state index is 0.324. The molecule has 0 fully saturated rings. The highest BCUT2D eigenvalue weighted by molar-refractivity contribution is 6.32. The summed E-state index contributed by atoms with van der Waals surface area (Å²) in [5, 5.41) is 0.514. The minimum Gasteiger partial charge on any atom is -0.455 e. The zero-order valence-electron chi connectivity index (χ0n) is 10.8. The summed E-state index contributed by atoms with van der Waals surface area (Å²) in [5.41, 5.74) is 7.47. The van der Waals surface area contributed by atoms with Crippen LogP contribution in [-0.2, 0) is 0 Å². The van der Waals surface area contributed by atoms with Crippen LogP contribution >= 0.6 is 11.6 Å². The number of hydrogen-bond acceptors (Lipinski definition) is 2. The maximum absolute atomic E-state index is 13.2. The Morgan fingerprint density at radius 3 is 2.47 bits per heavy atom. The summed E-state index contributed by atoms with van der Waals surface area (Å²) in [4.78, 5) is 0. The van der Waals surface area contributed by atoms with Crippen molar-refractivity contribution >= 4 is 11.6 Å². The Hall–Kier alpha value is -1.58. The summed E-state index contributed by atoms with van der Waals surface area (Å²) < 4.78 is 19.0. The van der Waals surface area contributed by atoms with Gasteiger partial charge in [0.2, 0.25) is 0 Å². The van der Waals surface area contributed by atoms with Crippen LogP contribution in [0.15, 0.2) is 36.4 Å². The topological polar surface area (TPSA) is 35.2 Å². The third kappa shape index (κ3) is 3.25. The van der Waals surface area contributed by atoms with Crippen molar-refractivity contribution < 1.29 is 9.13 Å². The number of aryl methyl sites for hydroxylation is 1. The molecule has 0 saturated heterocycles. The SMILES string of the molecule is Cc1ccc(Oc2ccc(F)cc2[C@H](C)N)c(Cl)c1. The van der Waals surface area contributed by atoms with Crippen LogP contribution in [0.1, 0.15) is 24.1 Å². The molecule has 0 saturated carbocycles. The first kappa shape index (κ1) is 13.8. The highest BCUT2D eigenvalue weighted by atomic mass is 35.5. The van der Waals surface area contributed by atoms with E-state index in [1.807, 2.05) is 19.1 Å². The molecular weight excluding hydrogens is 265 g/mol. The van der Waals surface area contributed by atoms with Gasteiger partial charge in [-0.1, -0.05) is 17.7 Å². The fourth-order valence-electron chi connectivity index (χ4n) is 1.78. The van der Waals surface area contributed by atoms with Crippen LogP contribution in [0.5, 0.6) is 11.5 Å². The molecule has 0 spiro atoms. The van der Waals surface area contributed by atoms with E-state index in [1.165, 1.54) is 12.1 Å². The molecule has 100 valence electrons. The van der Waals surface area contributed by atoms with E-state index in [9.17, 15) is 4.39 Å². The zero-order valence-corrected chi connectivity index (χ0v) is 11.5. The van der Waals surface area contributed by atoms with Crippen molar-refractivity contribution in [2.24, 2.45) is 5.73 Å². The van der Waals surface area contributed by atoms with Crippen molar-refractivity contribution in [3.8, 4) is 11.5 Å². The van der Waals surface area contributed by atoms with Gasteiger partial charge in [0.25, 0.3) is 0 Å². The zero-order chi connectivity index (χ0) is 14.0. The van der Waals surface area contributed by atoms with Gasteiger partial charge in [0, 0.05) is 11.6 Å². The lowest BCUT2D eigenvalue weighted by Gasteiger charge is -2.14. The lowest BCUT2D eigenvalue weighted by molar-refractivity contribution is 0.469. The maximum Gasteiger partial charge on any atom is 0.146 e. The van der Waals surface area contributed by atoms with Crippen molar-refractivity contribution in [2.75, 3.05) is 0 Å². The first-order chi connectivity index (χ1) is 8.97. The van der Waals surface area contributed by atoms with Crippen molar-refractivity contribution in [3.05, 3.63) is 58.4 Å². The molecule has 0 aliphatic carbocycles. The summed E-state index contributed by atoms with van der Waals surface area (Å²) in [6.07, 6.45) is 0. The molecule has 0 aliphatic rings. The number of halogens is 2. The van der Waals surface area contributed by atoms with E-state index >= 15 is 0 Å². The quantitative estimate of drug-likeness (QED) is 0.891. The van der Waals surface area contributed by atoms with E-state index in [0.29, 0.717) is 22.1 Å². The Morgan fingerprint density at radius 1 is 1.16 bits per heavy atom. The number of ether oxygens (including phenoxy) is 1. The van der Waals surface area contributed by atoms with Gasteiger partial charge < -0.3 is 10.5 Å². The lowest BCUT2D eigenvalue weighted by atomic mass is 10.1. The van der Waals surface area contributed by atoms with Crippen LogP contribution in [0, 0.1) is 12.7 Å². The predicted molar refractivity (Wildman–Crippen MR) is 75.3 cm³/mol. The standard InChI is InChI=1S/C15H15ClFNO/c1-9-3-5-15(13(16)7-9)19-14-6-4-11(17)8-12(14)10(2)18/h3-8,10H,18H2,1-2H3/t10-/m0/s1. The smallest absolute Gasteiger partial charge is 0.146 e. The van der Waals surface area contributed by atoms with Crippen molar-refractivity contribution in [1.29, 1.82) is 0 Å². The van der Waals surface area contributed by atoms with Gasteiger partial charge in [-0.3, -0.25) is 0 Å². The monoisotopic (exact) mass is 279 g/mol. The van der Waals surface area contributed by atoms with Gasteiger partial charge in [-0.05, 0) is 49.7 Å². The maximum atomic E-state index is 13.2. The van der Waals surface area contributed by atoms with E-state index < -0.39 is 0 Å². The van der Waals surface area contributed by atoms with Gasteiger partial charge in [0.05, 0.1) is 5.02 Å². The van der Waals surface area contributed by atoms with Gasteiger partial charge in [-0.15, -0.1) is 0 Å². The van der Waals surface area contributed by atoms with Gasteiger partial charge in [-0.2, -0.15) is 0 Å². The highest BCUT2D eigenvalue weighted by Crippen LogP contribution is 2.33. The van der Waals surface area contributed by atoms with Crippen LogP contribution < -0.4 is 10.5 Å². The first-order valence-electron chi connectivity index (χ1n) is 5.96. The summed E-state index contributed by atoms with van der Waals surface area (Å²) in [7, 11) is 0. The van der Waals surface area contributed by atoms with Crippen LogP contribution in [0.3, 0.4) is 0 Å². The Kier molecular flexibility index (Phi) is 4.08. The Balaban J connectivity index is 2.38. The fourth-order valence-corrected chi connectivity index (χ4v) is 2.05. The van der Waals surface area contributed by atoms with Gasteiger partial charge >= 0.3 is 0 Å².